The minimum atomic E-state index is -1.32. The van der Waals surface area contributed by atoms with E-state index in [1.807, 2.05) is 38.1 Å². The highest BCUT2D eigenvalue weighted by Crippen LogP contribution is 2.25. The lowest BCUT2D eigenvalue weighted by Gasteiger charge is -2.12. The van der Waals surface area contributed by atoms with E-state index in [1.165, 1.54) is 18.4 Å². The zero-order valence-corrected chi connectivity index (χ0v) is 17.4. The number of hydrogen-bond donors (Lipinski definition) is 1. The fraction of sp³-hybridized carbons (Fsp3) is 0.455. The molecule has 0 radical (unpaired) electrons. The quantitative estimate of drug-likeness (QED) is 0.674. The molecule has 150 valence electrons. The van der Waals surface area contributed by atoms with E-state index in [-0.39, 0.29) is 17.4 Å². The Hall–Kier alpha value is -2.21. The van der Waals surface area contributed by atoms with Crippen LogP contribution in [0.4, 0.5) is 0 Å². The summed E-state index contributed by atoms with van der Waals surface area (Å²) in [5.41, 5.74) is 4.08. The number of carbonyl (C=O) groups excluding carboxylic acids is 1. The molecule has 5 nitrogen and oxygen atoms in total. The van der Waals surface area contributed by atoms with E-state index < -0.39 is 10.8 Å². The standard InChI is InChI=1S/C22H28N2O3S/c1-16-8-6-7-11-19(16)22-24-20(17(2)27-22)14-28(26)15-21(25)23-13-12-18-9-4-3-5-10-18/h6-9,11H,3-5,10,12-15H2,1-2H3,(H,23,25)/t28-/m0/s1. The molecule has 1 aliphatic carbocycles. The predicted octanol–water partition coefficient (Wildman–Crippen LogP) is 4.21. The van der Waals surface area contributed by atoms with E-state index in [1.54, 1.807) is 0 Å². The van der Waals surface area contributed by atoms with Crippen LogP contribution in [-0.2, 0) is 21.3 Å². The Kier molecular flexibility index (Phi) is 7.20. The van der Waals surface area contributed by atoms with Crippen molar-refractivity contribution in [3.05, 3.63) is 52.9 Å². The number of aryl methyl sites for hydroxylation is 2. The third-order valence-corrected chi connectivity index (χ3v) is 6.19. The Morgan fingerprint density at radius 2 is 2.07 bits per heavy atom. The van der Waals surface area contributed by atoms with Crippen molar-refractivity contribution in [3.63, 3.8) is 0 Å². The van der Waals surface area contributed by atoms with Gasteiger partial charge in [0, 0.05) is 22.9 Å². The van der Waals surface area contributed by atoms with Crippen molar-refractivity contribution in [3.8, 4) is 11.5 Å². The van der Waals surface area contributed by atoms with Gasteiger partial charge in [0.25, 0.3) is 0 Å². The summed E-state index contributed by atoms with van der Waals surface area (Å²) in [4.78, 5) is 16.6. The van der Waals surface area contributed by atoms with Crippen molar-refractivity contribution >= 4 is 16.7 Å². The molecule has 1 atom stereocenters. The number of amides is 1. The lowest BCUT2D eigenvalue weighted by Crippen LogP contribution is -2.29. The Morgan fingerprint density at radius 3 is 2.82 bits per heavy atom. The van der Waals surface area contributed by atoms with Crippen molar-refractivity contribution in [2.45, 2.75) is 51.7 Å². The zero-order chi connectivity index (χ0) is 19.9. The first-order chi connectivity index (χ1) is 13.5. The van der Waals surface area contributed by atoms with E-state index in [2.05, 4.69) is 16.4 Å². The van der Waals surface area contributed by atoms with Crippen LogP contribution < -0.4 is 5.32 Å². The van der Waals surface area contributed by atoms with Gasteiger partial charge in [-0.3, -0.25) is 9.00 Å². The van der Waals surface area contributed by atoms with E-state index in [0.29, 0.717) is 23.9 Å². The molecule has 28 heavy (non-hydrogen) atoms. The smallest absolute Gasteiger partial charge is 0.232 e. The fourth-order valence-corrected chi connectivity index (χ4v) is 4.45. The molecule has 0 saturated heterocycles. The first kappa shape index (κ1) is 20.5. The van der Waals surface area contributed by atoms with Crippen LogP contribution in [0.25, 0.3) is 11.5 Å². The third kappa shape index (κ3) is 5.64. The molecule has 1 aromatic carbocycles. The summed E-state index contributed by atoms with van der Waals surface area (Å²) in [5.74, 6) is 1.23. The molecular formula is C22H28N2O3S. The van der Waals surface area contributed by atoms with Gasteiger partial charge in [-0.05, 0) is 57.6 Å². The number of oxazole rings is 1. The molecular weight excluding hydrogens is 372 g/mol. The maximum absolute atomic E-state index is 12.4. The van der Waals surface area contributed by atoms with Crippen molar-refractivity contribution in [2.24, 2.45) is 0 Å². The Morgan fingerprint density at radius 1 is 1.25 bits per heavy atom. The number of benzene rings is 1. The van der Waals surface area contributed by atoms with Gasteiger partial charge in [0.15, 0.2) is 0 Å². The lowest BCUT2D eigenvalue weighted by molar-refractivity contribution is -0.118. The molecule has 1 N–H and O–H groups in total. The molecule has 0 unspecified atom stereocenters. The summed E-state index contributed by atoms with van der Waals surface area (Å²) in [6, 6.07) is 7.86. The van der Waals surface area contributed by atoms with Crippen LogP contribution in [0.15, 0.2) is 40.3 Å². The maximum atomic E-state index is 12.4. The summed E-state index contributed by atoms with van der Waals surface area (Å²) in [7, 11) is -1.32. The van der Waals surface area contributed by atoms with Gasteiger partial charge in [0.05, 0.1) is 11.4 Å². The van der Waals surface area contributed by atoms with E-state index in [9.17, 15) is 9.00 Å². The molecule has 1 amide bonds. The van der Waals surface area contributed by atoms with Crippen LogP contribution >= 0.6 is 0 Å². The molecule has 1 aliphatic rings. The van der Waals surface area contributed by atoms with Crippen molar-refractivity contribution in [2.75, 3.05) is 12.3 Å². The number of nitrogens with zero attached hydrogens (tertiary/aromatic N) is 1. The average molecular weight is 401 g/mol. The van der Waals surface area contributed by atoms with Crippen LogP contribution in [0, 0.1) is 13.8 Å². The van der Waals surface area contributed by atoms with E-state index in [4.69, 9.17) is 4.42 Å². The molecule has 1 aromatic heterocycles. The van der Waals surface area contributed by atoms with Crippen LogP contribution in [-0.4, -0.2) is 27.4 Å². The van der Waals surface area contributed by atoms with Gasteiger partial charge in [0.1, 0.15) is 11.5 Å². The summed E-state index contributed by atoms with van der Waals surface area (Å²) < 4.78 is 18.2. The predicted molar refractivity (Wildman–Crippen MR) is 112 cm³/mol. The molecule has 0 spiro atoms. The number of carbonyl (C=O) groups is 1. The number of nitrogens with one attached hydrogen (secondary N) is 1. The van der Waals surface area contributed by atoms with Gasteiger partial charge in [-0.2, -0.15) is 0 Å². The summed E-state index contributed by atoms with van der Waals surface area (Å²) in [6.45, 7) is 4.43. The van der Waals surface area contributed by atoms with Crippen LogP contribution in [0.5, 0.6) is 0 Å². The Balaban J connectivity index is 1.50. The summed E-state index contributed by atoms with van der Waals surface area (Å²) >= 11 is 0. The zero-order valence-electron chi connectivity index (χ0n) is 16.6. The highest BCUT2D eigenvalue weighted by atomic mass is 32.2. The second kappa shape index (κ2) is 9.82. The minimum Gasteiger partial charge on any atom is -0.441 e. The molecule has 0 aliphatic heterocycles. The van der Waals surface area contributed by atoms with E-state index in [0.717, 1.165) is 30.4 Å². The number of rotatable bonds is 8. The SMILES string of the molecule is Cc1ccccc1-c1nc(C[S@](=O)CC(=O)NCCC2=CCCCC2)c(C)o1. The van der Waals surface area contributed by atoms with Crippen molar-refractivity contribution in [1.82, 2.24) is 10.3 Å². The highest BCUT2D eigenvalue weighted by Gasteiger charge is 2.17. The summed E-state index contributed by atoms with van der Waals surface area (Å²) in [6.07, 6.45) is 7.96. The third-order valence-electron chi connectivity index (χ3n) is 5.01. The summed E-state index contributed by atoms with van der Waals surface area (Å²) in [5, 5.41) is 2.88. The van der Waals surface area contributed by atoms with Crippen LogP contribution in [0.1, 0.15) is 49.1 Å². The first-order valence-corrected chi connectivity index (χ1v) is 11.3. The number of hydrogen-bond acceptors (Lipinski definition) is 4. The molecule has 0 bridgehead atoms. The molecule has 0 fully saturated rings. The monoisotopic (exact) mass is 400 g/mol. The molecule has 3 rings (SSSR count). The Labute approximate surface area is 169 Å². The number of aromatic nitrogens is 1. The molecule has 0 saturated carbocycles. The van der Waals surface area contributed by atoms with Gasteiger partial charge < -0.3 is 9.73 Å². The first-order valence-electron chi connectivity index (χ1n) is 9.85. The second-order valence-electron chi connectivity index (χ2n) is 7.27. The van der Waals surface area contributed by atoms with Crippen LogP contribution in [0.2, 0.25) is 0 Å². The second-order valence-corrected chi connectivity index (χ2v) is 8.73. The molecule has 1 heterocycles. The van der Waals surface area contributed by atoms with Gasteiger partial charge in [-0.1, -0.05) is 29.8 Å². The minimum absolute atomic E-state index is 0.00888. The Bertz CT molecular complexity index is 886. The van der Waals surface area contributed by atoms with E-state index >= 15 is 0 Å². The fourth-order valence-electron chi connectivity index (χ4n) is 3.38. The largest absolute Gasteiger partial charge is 0.441 e. The lowest BCUT2D eigenvalue weighted by atomic mass is 9.97. The van der Waals surface area contributed by atoms with Gasteiger partial charge in [-0.25, -0.2) is 4.98 Å². The van der Waals surface area contributed by atoms with Gasteiger partial charge in [0.2, 0.25) is 11.8 Å². The highest BCUT2D eigenvalue weighted by molar-refractivity contribution is 7.84. The molecule has 2 aromatic rings. The van der Waals surface area contributed by atoms with Gasteiger partial charge >= 0.3 is 0 Å². The average Bonchev–Trinajstić information content (AvgIpc) is 3.03. The van der Waals surface area contributed by atoms with Crippen LogP contribution in [0.3, 0.4) is 0 Å². The maximum Gasteiger partial charge on any atom is 0.232 e. The number of allylic oxidation sites excluding steroid dienone is 1. The van der Waals surface area contributed by atoms with Gasteiger partial charge in [-0.15, -0.1) is 0 Å². The van der Waals surface area contributed by atoms with Crippen molar-refractivity contribution < 1.29 is 13.4 Å². The molecule has 6 heteroatoms. The van der Waals surface area contributed by atoms with Crippen molar-refractivity contribution in [1.29, 1.82) is 0 Å². The topological polar surface area (TPSA) is 72.2 Å². The normalized spacial score (nSPS) is 15.1.